The van der Waals surface area contributed by atoms with Crippen molar-refractivity contribution in [3.8, 4) is 0 Å². The van der Waals surface area contributed by atoms with Crippen LogP contribution < -0.4 is 0 Å². The van der Waals surface area contributed by atoms with Gasteiger partial charge in [0.1, 0.15) is 6.29 Å². The van der Waals surface area contributed by atoms with Crippen LogP contribution in [0.2, 0.25) is 0 Å². The zero-order chi connectivity index (χ0) is 16.3. The molecule has 114 valence electrons. The van der Waals surface area contributed by atoms with Gasteiger partial charge < -0.3 is 4.79 Å². The lowest BCUT2D eigenvalue weighted by atomic mass is 9.87. The summed E-state index contributed by atoms with van der Waals surface area (Å²) >= 11 is 0. The number of hydrogen-bond donors (Lipinski definition) is 0. The minimum atomic E-state index is -0.679. The lowest BCUT2D eigenvalue weighted by Crippen LogP contribution is -2.18. The summed E-state index contributed by atoms with van der Waals surface area (Å²) in [5, 5.41) is 0. The zero-order valence-electron chi connectivity index (χ0n) is 13.6. The van der Waals surface area contributed by atoms with Crippen LogP contribution in [0.25, 0.3) is 0 Å². The van der Waals surface area contributed by atoms with Crippen LogP contribution in [-0.4, -0.2) is 12.1 Å². The Kier molecular flexibility index (Phi) is 4.92. The SMILES string of the molecule is Cc1cc(C)c(CC(=O)C(C=O)c2ccccc2C)c(C)c1. The van der Waals surface area contributed by atoms with Crippen LogP contribution in [-0.2, 0) is 16.0 Å². The van der Waals surface area contributed by atoms with Crippen LogP contribution in [0.15, 0.2) is 36.4 Å². The molecule has 0 saturated heterocycles. The quantitative estimate of drug-likeness (QED) is 0.616. The molecule has 0 aromatic heterocycles. The Morgan fingerprint density at radius 2 is 1.59 bits per heavy atom. The van der Waals surface area contributed by atoms with E-state index in [4.69, 9.17) is 0 Å². The largest absolute Gasteiger partial charge is 0.302 e. The van der Waals surface area contributed by atoms with E-state index in [1.165, 1.54) is 5.56 Å². The molecule has 1 atom stereocenters. The molecule has 1 unspecified atom stereocenters. The number of ketones is 1. The molecule has 0 spiro atoms. The molecule has 0 amide bonds. The number of carbonyl (C=O) groups excluding carboxylic acids is 2. The van der Waals surface area contributed by atoms with Gasteiger partial charge in [0.2, 0.25) is 0 Å². The van der Waals surface area contributed by atoms with E-state index in [-0.39, 0.29) is 5.78 Å². The van der Waals surface area contributed by atoms with Crippen molar-refractivity contribution in [1.82, 2.24) is 0 Å². The molecule has 0 aliphatic rings. The molecule has 2 heteroatoms. The third-order valence-corrected chi connectivity index (χ3v) is 4.20. The summed E-state index contributed by atoms with van der Waals surface area (Å²) in [6.45, 7) is 8.02. The molecular formula is C20H22O2. The van der Waals surface area contributed by atoms with Crippen LogP contribution in [0, 0.1) is 27.7 Å². The zero-order valence-corrected chi connectivity index (χ0v) is 13.6. The molecule has 2 aromatic carbocycles. The minimum absolute atomic E-state index is 0.0423. The molecule has 2 aromatic rings. The number of aldehydes is 1. The van der Waals surface area contributed by atoms with Gasteiger partial charge >= 0.3 is 0 Å². The molecule has 22 heavy (non-hydrogen) atoms. The number of carbonyl (C=O) groups is 2. The van der Waals surface area contributed by atoms with Gasteiger partial charge in [0, 0.05) is 6.42 Å². The Morgan fingerprint density at radius 1 is 1.00 bits per heavy atom. The Labute approximate surface area is 132 Å². The van der Waals surface area contributed by atoms with Crippen LogP contribution in [0.5, 0.6) is 0 Å². The van der Waals surface area contributed by atoms with E-state index in [0.717, 1.165) is 34.1 Å². The van der Waals surface area contributed by atoms with Crippen molar-refractivity contribution in [2.24, 2.45) is 0 Å². The van der Waals surface area contributed by atoms with Crippen molar-refractivity contribution < 1.29 is 9.59 Å². The number of Topliss-reactive ketones (excluding diaryl/α,β-unsaturated/α-hetero) is 1. The second kappa shape index (κ2) is 6.69. The number of rotatable bonds is 5. The third-order valence-electron chi connectivity index (χ3n) is 4.20. The smallest absolute Gasteiger partial charge is 0.151 e. The lowest BCUT2D eigenvalue weighted by Gasteiger charge is -2.15. The van der Waals surface area contributed by atoms with Crippen molar-refractivity contribution in [2.45, 2.75) is 40.0 Å². The van der Waals surface area contributed by atoms with Gasteiger partial charge in [-0.05, 0) is 55.5 Å². The standard InChI is InChI=1S/C20H22O2/c1-13-9-15(3)18(16(4)10-13)11-20(22)19(12-21)17-8-6-5-7-14(17)2/h5-10,12,19H,11H2,1-4H3. The average Bonchev–Trinajstić information content (AvgIpc) is 2.45. The van der Waals surface area contributed by atoms with Gasteiger partial charge in [0.15, 0.2) is 5.78 Å². The van der Waals surface area contributed by atoms with Crippen LogP contribution in [0.3, 0.4) is 0 Å². The van der Waals surface area contributed by atoms with E-state index < -0.39 is 5.92 Å². The van der Waals surface area contributed by atoms with Crippen molar-refractivity contribution in [2.75, 3.05) is 0 Å². The van der Waals surface area contributed by atoms with E-state index in [2.05, 4.69) is 12.1 Å². The van der Waals surface area contributed by atoms with E-state index in [9.17, 15) is 9.59 Å². The fourth-order valence-electron chi connectivity index (χ4n) is 3.03. The molecule has 0 bridgehead atoms. The molecule has 0 aliphatic carbocycles. The first kappa shape index (κ1) is 16.2. The first-order chi connectivity index (χ1) is 10.4. The molecule has 0 heterocycles. The summed E-state index contributed by atoms with van der Waals surface area (Å²) in [5.74, 6) is -0.722. The maximum Gasteiger partial charge on any atom is 0.151 e. The second-order valence-corrected chi connectivity index (χ2v) is 5.99. The Hall–Kier alpha value is -2.22. The van der Waals surface area contributed by atoms with Crippen LogP contribution >= 0.6 is 0 Å². The summed E-state index contributed by atoms with van der Waals surface area (Å²) in [7, 11) is 0. The summed E-state index contributed by atoms with van der Waals surface area (Å²) in [6.07, 6.45) is 1.07. The average molecular weight is 294 g/mol. The van der Waals surface area contributed by atoms with E-state index in [1.54, 1.807) is 0 Å². The van der Waals surface area contributed by atoms with Gasteiger partial charge in [-0.25, -0.2) is 0 Å². The number of aryl methyl sites for hydroxylation is 4. The van der Waals surface area contributed by atoms with Crippen molar-refractivity contribution >= 4 is 12.1 Å². The normalized spacial score (nSPS) is 12.0. The summed E-state index contributed by atoms with van der Waals surface area (Å²) in [4.78, 5) is 24.1. The Morgan fingerprint density at radius 3 is 2.14 bits per heavy atom. The fraction of sp³-hybridized carbons (Fsp3) is 0.300. The minimum Gasteiger partial charge on any atom is -0.302 e. The Bertz CT molecular complexity index is 690. The Balaban J connectivity index is 2.32. The first-order valence-electron chi connectivity index (χ1n) is 7.54. The molecule has 0 fully saturated rings. The van der Waals surface area contributed by atoms with Gasteiger partial charge in [-0.15, -0.1) is 0 Å². The van der Waals surface area contributed by atoms with Crippen LogP contribution in [0.4, 0.5) is 0 Å². The molecule has 0 aliphatic heterocycles. The van der Waals surface area contributed by atoms with Crippen molar-refractivity contribution in [3.05, 3.63) is 69.8 Å². The van der Waals surface area contributed by atoms with Gasteiger partial charge in [-0.3, -0.25) is 4.79 Å². The molecule has 2 nitrogen and oxygen atoms in total. The maximum atomic E-state index is 12.7. The van der Waals surface area contributed by atoms with Gasteiger partial charge in [0.25, 0.3) is 0 Å². The van der Waals surface area contributed by atoms with Gasteiger partial charge in [-0.1, -0.05) is 42.0 Å². The number of benzene rings is 2. The summed E-state index contributed by atoms with van der Waals surface area (Å²) in [6, 6.07) is 11.7. The maximum absolute atomic E-state index is 12.7. The summed E-state index contributed by atoms with van der Waals surface area (Å²) in [5.41, 5.74) is 6.24. The third kappa shape index (κ3) is 3.33. The monoisotopic (exact) mass is 294 g/mol. The lowest BCUT2D eigenvalue weighted by molar-refractivity contribution is -0.123. The second-order valence-electron chi connectivity index (χ2n) is 5.99. The van der Waals surface area contributed by atoms with Crippen LogP contribution in [0.1, 0.15) is 39.3 Å². The first-order valence-corrected chi connectivity index (χ1v) is 7.54. The van der Waals surface area contributed by atoms with E-state index in [0.29, 0.717) is 6.42 Å². The van der Waals surface area contributed by atoms with E-state index >= 15 is 0 Å². The fourth-order valence-corrected chi connectivity index (χ4v) is 3.03. The highest BCUT2D eigenvalue weighted by Crippen LogP contribution is 2.23. The highest BCUT2D eigenvalue weighted by atomic mass is 16.1. The highest BCUT2D eigenvalue weighted by Gasteiger charge is 2.22. The van der Waals surface area contributed by atoms with Crippen molar-refractivity contribution in [3.63, 3.8) is 0 Å². The predicted molar refractivity (Wildman–Crippen MR) is 89.3 cm³/mol. The van der Waals surface area contributed by atoms with Crippen molar-refractivity contribution in [1.29, 1.82) is 0 Å². The van der Waals surface area contributed by atoms with Gasteiger partial charge in [0.05, 0.1) is 5.92 Å². The summed E-state index contributed by atoms with van der Waals surface area (Å²) < 4.78 is 0. The molecule has 0 radical (unpaired) electrons. The van der Waals surface area contributed by atoms with Gasteiger partial charge in [-0.2, -0.15) is 0 Å². The molecule has 0 N–H and O–H groups in total. The topological polar surface area (TPSA) is 34.1 Å². The predicted octanol–water partition coefficient (Wildman–Crippen LogP) is 4.01. The van der Waals surface area contributed by atoms with E-state index in [1.807, 2.05) is 52.0 Å². The molecule has 0 saturated carbocycles. The molecule has 2 rings (SSSR count). The highest BCUT2D eigenvalue weighted by molar-refractivity contribution is 6.00. The molecular weight excluding hydrogens is 272 g/mol. The number of hydrogen-bond acceptors (Lipinski definition) is 2.